The standard InChI is InChI=1S/C17H17ClN2O/c1-14(7-8-15-9-11-17(18)12-10-15)19-20-21-13-16-5-3-2-4-6-16/h2-12,20H,13H2,1H3/b8-7+,19-14+. The van der Waals surface area contributed by atoms with Gasteiger partial charge in [-0.1, -0.05) is 60.1 Å². The predicted molar refractivity (Wildman–Crippen MR) is 88.0 cm³/mol. The molecule has 1 N–H and O–H groups in total. The van der Waals surface area contributed by atoms with E-state index < -0.39 is 0 Å². The molecule has 0 saturated heterocycles. The zero-order valence-corrected chi connectivity index (χ0v) is 12.5. The van der Waals surface area contributed by atoms with Crippen LogP contribution in [0.5, 0.6) is 0 Å². The topological polar surface area (TPSA) is 33.6 Å². The lowest BCUT2D eigenvalue weighted by molar-refractivity contribution is 0.0299. The molecule has 0 saturated carbocycles. The summed E-state index contributed by atoms with van der Waals surface area (Å²) >= 11 is 5.84. The van der Waals surface area contributed by atoms with Gasteiger partial charge in [0, 0.05) is 5.02 Å². The van der Waals surface area contributed by atoms with Crippen LogP contribution >= 0.6 is 11.6 Å². The molecule has 2 aromatic carbocycles. The average Bonchev–Trinajstić information content (AvgIpc) is 2.52. The SMILES string of the molecule is CC(/C=C/c1ccc(Cl)cc1)=N\NOCc1ccccc1. The van der Waals surface area contributed by atoms with E-state index in [-0.39, 0.29) is 0 Å². The minimum atomic E-state index is 0.471. The molecule has 0 atom stereocenters. The van der Waals surface area contributed by atoms with Crippen LogP contribution in [0.2, 0.25) is 5.02 Å². The van der Waals surface area contributed by atoms with Crippen LogP contribution < -0.4 is 5.59 Å². The molecule has 2 aromatic rings. The van der Waals surface area contributed by atoms with Crippen molar-refractivity contribution in [2.24, 2.45) is 5.10 Å². The van der Waals surface area contributed by atoms with Crippen LogP contribution in [-0.4, -0.2) is 5.71 Å². The Balaban J connectivity index is 1.77. The van der Waals surface area contributed by atoms with Crippen LogP contribution in [0, 0.1) is 0 Å². The lowest BCUT2D eigenvalue weighted by Gasteiger charge is -2.02. The molecule has 0 aliphatic rings. The van der Waals surface area contributed by atoms with Crippen LogP contribution in [0.3, 0.4) is 0 Å². The first kappa shape index (κ1) is 15.3. The van der Waals surface area contributed by atoms with Crippen LogP contribution in [0.4, 0.5) is 0 Å². The van der Waals surface area contributed by atoms with E-state index in [2.05, 4.69) is 10.7 Å². The second kappa shape index (κ2) is 8.25. The van der Waals surface area contributed by atoms with E-state index in [1.165, 1.54) is 0 Å². The van der Waals surface area contributed by atoms with E-state index in [0.29, 0.717) is 6.61 Å². The highest BCUT2D eigenvalue weighted by Crippen LogP contribution is 2.10. The van der Waals surface area contributed by atoms with Gasteiger partial charge in [-0.05, 0) is 36.3 Å². The summed E-state index contributed by atoms with van der Waals surface area (Å²) in [5.41, 5.74) is 5.57. The molecule has 0 aliphatic heterocycles. The third-order valence-electron chi connectivity index (χ3n) is 2.76. The van der Waals surface area contributed by atoms with Crippen molar-refractivity contribution in [1.82, 2.24) is 5.59 Å². The number of nitrogens with one attached hydrogen (secondary N) is 1. The fourth-order valence-electron chi connectivity index (χ4n) is 1.62. The van der Waals surface area contributed by atoms with Gasteiger partial charge in [-0.3, -0.25) is 4.84 Å². The second-order valence-electron chi connectivity index (χ2n) is 4.50. The lowest BCUT2D eigenvalue weighted by Crippen LogP contribution is -2.08. The predicted octanol–water partition coefficient (Wildman–Crippen LogP) is 4.45. The smallest absolute Gasteiger partial charge is 0.101 e. The molecule has 3 nitrogen and oxygen atoms in total. The summed E-state index contributed by atoms with van der Waals surface area (Å²) in [7, 11) is 0. The minimum absolute atomic E-state index is 0.471. The molecule has 0 fully saturated rings. The first-order valence-electron chi connectivity index (χ1n) is 6.63. The molecular formula is C17H17ClN2O. The summed E-state index contributed by atoms with van der Waals surface area (Å²) in [4.78, 5) is 5.27. The lowest BCUT2D eigenvalue weighted by atomic mass is 10.2. The number of hydrogen-bond donors (Lipinski definition) is 1. The summed E-state index contributed by atoms with van der Waals surface area (Å²) in [5.74, 6) is 0. The Morgan fingerprint density at radius 2 is 1.86 bits per heavy atom. The Morgan fingerprint density at radius 3 is 2.57 bits per heavy atom. The Kier molecular flexibility index (Phi) is 6.00. The molecule has 0 aromatic heterocycles. The first-order chi connectivity index (χ1) is 10.2. The number of hydrazone groups is 1. The van der Waals surface area contributed by atoms with Crippen LogP contribution in [0.15, 0.2) is 65.8 Å². The molecule has 0 amide bonds. The Bertz CT molecular complexity index is 606. The zero-order chi connectivity index (χ0) is 14.9. The number of rotatable bonds is 6. The van der Waals surface area contributed by atoms with Gasteiger partial charge in [-0.2, -0.15) is 10.7 Å². The molecule has 0 heterocycles. The van der Waals surface area contributed by atoms with Crippen molar-refractivity contribution in [3.05, 3.63) is 76.8 Å². The fourth-order valence-corrected chi connectivity index (χ4v) is 1.75. The van der Waals surface area contributed by atoms with Crippen LogP contribution in [-0.2, 0) is 11.4 Å². The van der Waals surface area contributed by atoms with E-state index in [4.69, 9.17) is 16.4 Å². The highest BCUT2D eigenvalue weighted by Gasteiger charge is 1.91. The fraction of sp³-hybridized carbons (Fsp3) is 0.118. The van der Waals surface area contributed by atoms with Gasteiger partial charge in [0.1, 0.15) is 6.61 Å². The molecule has 108 valence electrons. The van der Waals surface area contributed by atoms with Gasteiger partial charge in [-0.15, -0.1) is 0 Å². The van der Waals surface area contributed by atoms with Gasteiger partial charge < -0.3 is 0 Å². The molecule has 0 aliphatic carbocycles. The van der Waals surface area contributed by atoms with Crippen molar-refractivity contribution in [3.8, 4) is 0 Å². The number of benzene rings is 2. The van der Waals surface area contributed by atoms with Crippen molar-refractivity contribution in [3.63, 3.8) is 0 Å². The largest absolute Gasteiger partial charge is 0.254 e. The van der Waals surface area contributed by atoms with Crippen molar-refractivity contribution < 1.29 is 4.84 Å². The van der Waals surface area contributed by atoms with Crippen molar-refractivity contribution in [2.45, 2.75) is 13.5 Å². The zero-order valence-electron chi connectivity index (χ0n) is 11.8. The van der Waals surface area contributed by atoms with Crippen molar-refractivity contribution in [2.75, 3.05) is 0 Å². The number of halogens is 1. The third-order valence-corrected chi connectivity index (χ3v) is 3.01. The molecule has 4 heteroatoms. The maximum Gasteiger partial charge on any atom is 0.101 e. The molecule has 0 bridgehead atoms. The number of hydrogen-bond acceptors (Lipinski definition) is 3. The van der Waals surface area contributed by atoms with Gasteiger partial charge in [0.05, 0.1) is 5.71 Å². The van der Waals surface area contributed by atoms with Gasteiger partial charge in [0.15, 0.2) is 0 Å². The van der Waals surface area contributed by atoms with E-state index in [9.17, 15) is 0 Å². The summed E-state index contributed by atoms with van der Waals surface area (Å²) in [5, 5.41) is 4.83. The van der Waals surface area contributed by atoms with Crippen LogP contribution in [0.25, 0.3) is 6.08 Å². The molecule has 21 heavy (non-hydrogen) atoms. The number of nitrogens with zero attached hydrogens (tertiary/aromatic N) is 1. The maximum absolute atomic E-state index is 5.84. The highest BCUT2D eigenvalue weighted by molar-refractivity contribution is 6.30. The summed E-state index contributed by atoms with van der Waals surface area (Å²) in [6, 6.07) is 17.5. The minimum Gasteiger partial charge on any atom is -0.254 e. The van der Waals surface area contributed by atoms with Crippen molar-refractivity contribution >= 4 is 23.4 Å². The quantitative estimate of drug-likeness (QED) is 0.486. The van der Waals surface area contributed by atoms with Gasteiger partial charge in [0.2, 0.25) is 0 Å². The Labute approximate surface area is 129 Å². The average molecular weight is 301 g/mol. The van der Waals surface area contributed by atoms with E-state index in [1.807, 2.05) is 73.7 Å². The maximum atomic E-state index is 5.84. The Morgan fingerprint density at radius 1 is 1.14 bits per heavy atom. The summed E-state index contributed by atoms with van der Waals surface area (Å²) in [6.07, 6.45) is 3.87. The molecule has 0 unspecified atom stereocenters. The highest BCUT2D eigenvalue weighted by atomic mass is 35.5. The van der Waals surface area contributed by atoms with E-state index in [0.717, 1.165) is 21.9 Å². The first-order valence-corrected chi connectivity index (χ1v) is 7.00. The van der Waals surface area contributed by atoms with Crippen molar-refractivity contribution in [1.29, 1.82) is 0 Å². The third kappa shape index (κ3) is 5.81. The summed E-state index contributed by atoms with van der Waals surface area (Å²) < 4.78 is 0. The molecular weight excluding hydrogens is 284 g/mol. The van der Waals surface area contributed by atoms with E-state index >= 15 is 0 Å². The molecule has 2 rings (SSSR count). The normalized spacial score (nSPS) is 11.8. The molecule has 0 spiro atoms. The van der Waals surface area contributed by atoms with Gasteiger partial charge in [0.25, 0.3) is 0 Å². The molecule has 0 radical (unpaired) electrons. The van der Waals surface area contributed by atoms with E-state index in [1.54, 1.807) is 0 Å². The Hall–Kier alpha value is -2.10. The number of allylic oxidation sites excluding steroid dienone is 1. The van der Waals surface area contributed by atoms with Gasteiger partial charge in [-0.25, -0.2) is 0 Å². The van der Waals surface area contributed by atoms with Gasteiger partial charge >= 0.3 is 0 Å². The monoisotopic (exact) mass is 300 g/mol. The summed E-state index contributed by atoms with van der Waals surface area (Å²) in [6.45, 7) is 2.36. The van der Waals surface area contributed by atoms with Crippen LogP contribution in [0.1, 0.15) is 18.1 Å². The second-order valence-corrected chi connectivity index (χ2v) is 4.94.